The molecule has 326 valence electrons. The van der Waals surface area contributed by atoms with Crippen LogP contribution in [0.25, 0.3) is 75.5 Å². The fourth-order valence-electron chi connectivity index (χ4n) is 12.1. The van der Waals surface area contributed by atoms with Crippen LogP contribution < -0.4 is 4.90 Å². The summed E-state index contributed by atoms with van der Waals surface area (Å²) < 4.78 is 2.65. The average molecular weight is 890 g/mol. The van der Waals surface area contributed by atoms with Crippen LogP contribution in [-0.4, -0.2) is 0 Å². The highest BCUT2D eigenvalue weighted by molar-refractivity contribution is 7.25. The predicted molar refractivity (Wildman–Crippen MR) is 291 cm³/mol. The molecule has 1 aromatic heterocycles. The monoisotopic (exact) mass is 889 g/mol. The van der Waals surface area contributed by atoms with E-state index in [4.69, 9.17) is 0 Å². The summed E-state index contributed by atoms with van der Waals surface area (Å²) in [7, 11) is 0. The van der Waals surface area contributed by atoms with Crippen molar-refractivity contribution in [1.29, 1.82) is 0 Å². The third-order valence-electron chi connectivity index (χ3n) is 15.4. The molecule has 0 amide bonds. The average Bonchev–Trinajstić information content (AvgIpc) is 3.93. The van der Waals surface area contributed by atoms with Crippen LogP contribution in [0, 0.1) is 0 Å². The Balaban J connectivity index is 0.970. The second-order valence-electron chi connectivity index (χ2n) is 19.1. The molecule has 68 heavy (non-hydrogen) atoms. The topological polar surface area (TPSA) is 3.24 Å². The first kappa shape index (κ1) is 40.7. The van der Waals surface area contributed by atoms with Crippen molar-refractivity contribution >= 4 is 59.3 Å². The van der Waals surface area contributed by atoms with Gasteiger partial charge in [-0.1, -0.05) is 201 Å². The molecule has 11 aromatic rings. The summed E-state index contributed by atoms with van der Waals surface area (Å²) in [4.78, 5) is 2.49. The molecular formula is C66H51NS. The van der Waals surface area contributed by atoms with Gasteiger partial charge in [0.15, 0.2) is 0 Å². The number of para-hydroxylation sites is 1. The Hall–Kier alpha value is -7.52. The maximum absolute atomic E-state index is 2.49. The maximum atomic E-state index is 2.49. The molecule has 1 fully saturated rings. The lowest BCUT2D eigenvalue weighted by atomic mass is 9.74. The molecule has 1 heterocycles. The third kappa shape index (κ3) is 6.57. The minimum atomic E-state index is -0.254. The number of fused-ring (bicyclic) bond motifs is 7. The van der Waals surface area contributed by atoms with Gasteiger partial charge >= 0.3 is 0 Å². The Morgan fingerprint density at radius 3 is 1.79 bits per heavy atom. The smallest absolute Gasteiger partial charge is 0.0540 e. The summed E-state index contributed by atoms with van der Waals surface area (Å²) in [5.41, 5.74) is 18.8. The van der Waals surface area contributed by atoms with E-state index in [-0.39, 0.29) is 5.41 Å². The quantitative estimate of drug-likeness (QED) is 0.147. The lowest BCUT2D eigenvalue weighted by Gasteiger charge is -2.29. The number of nitrogens with zero attached hydrogens (tertiary/aromatic N) is 1. The van der Waals surface area contributed by atoms with Gasteiger partial charge in [0, 0.05) is 42.5 Å². The van der Waals surface area contributed by atoms with Gasteiger partial charge in [-0.15, -0.1) is 11.3 Å². The molecule has 1 atom stereocenters. The largest absolute Gasteiger partial charge is 0.310 e. The van der Waals surface area contributed by atoms with Crippen molar-refractivity contribution < 1.29 is 0 Å². The first-order valence-electron chi connectivity index (χ1n) is 24.4. The molecule has 0 aliphatic heterocycles. The van der Waals surface area contributed by atoms with Crippen molar-refractivity contribution in [2.75, 3.05) is 4.90 Å². The molecule has 0 radical (unpaired) electrons. The van der Waals surface area contributed by atoms with E-state index in [1.165, 1.54) is 130 Å². The zero-order valence-electron chi connectivity index (χ0n) is 38.3. The molecule has 10 aromatic carbocycles. The first-order chi connectivity index (χ1) is 33.6. The standard InChI is InChI=1S/C66H51NS/c1-66(48-22-6-3-7-23-48)58-31-11-8-25-56(58)64-52(28-16-32-59(64)66)45-36-40-49(41-37-45)67(50-42-38-46(39-43-50)53-29-17-35-62-65(53)57-26-10-13-34-61(57)68-62)60-33-12-9-24-54(60)55-30-15-21-47-20-14-27-51(63(47)55)44-18-4-2-5-19-44/h3,6-17,20-44H,2,4-5,18-19H2,1H3. The van der Waals surface area contributed by atoms with Crippen LogP contribution in [0.2, 0.25) is 0 Å². The zero-order valence-corrected chi connectivity index (χ0v) is 39.1. The zero-order chi connectivity index (χ0) is 45.2. The molecule has 2 aliphatic rings. The highest BCUT2D eigenvalue weighted by Crippen LogP contribution is 2.55. The molecule has 1 saturated carbocycles. The Morgan fingerprint density at radius 2 is 1.00 bits per heavy atom. The van der Waals surface area contributed by atoms with Crippen molar-refractivity contribution in [2.24, 2.45) is 0 Å². The number of hydrogen-bond donors (Lipinski definition) is 0. The Bertz CT molecular complexity index is 3660. The molecule has 1 nitrogen and oxygen atoms in total. The van der Waals surface area contributed by atoms with Gasteiger partial charge in [-0.3, -0.25) is 0 Å². The highest BCUT2D eigenvalue weighted by Gasteiger charge is 2.41. The maximum Gasteiger partial charge on any atom is 0.0540 e. The molecule has 0 bridgehead atoms. The summed E-state index contributed by atoms with van der Waals surface area (Å²) in [6.07, 6.45) is 6.48. The van der Waals surface area contributed by atoms with Crippen LogP contribution in [0.5, 0.6) is 0 Å². The van der Waals surface area contributed by atoms with Crippen LogP contribution in [0.3, 0.4) is 0 Å². The minimum absolute atomic E-state index is 0.254. The summed E-state index contributed by atoms with van der Waals surface area (Å²) in [6.45, 7) is 2.40. The lowest BCUT2D eigenvalue weighted by molar-refractivity contribution is 0.445. The Kier molecular flexibility index (Phi) is 9.98. The van der Waals surface area contributed by atoms with Crippen LogP contribution >= 0.6 is 11.3 Å². The van der Waals surface area contributed by atoms with E-state index in [1.54, 1.807) is 0 Å². The van der Waals surface area contributed by atoms with E-state index in [1.807, 2.05) is 11.3 Å². The van der Waals surface area contributed by atoms with Gasteiger partial charge in [0.1, 0.15) is 0 Å². The number of benzene rings is 10. The Morgan fingerprint density at radius 1 is 0.426 bits per heavy atom. The van der Waals surface area contributed by atoms with E-state index in [0.29, 0.717) is 5.92 Å². The Labute approximate surface area is 403 Å². The SMILES string of the molecule is CC1(c2ccccc2)c2ccccc2-c2c(-c3ccc(N(c4ccc(-c5cccc6sc7ccccc7c56)cc4)c4ccccc4-c4cccc5cccc(C6CCCCC6)c45)cc3)cccc21. The van der Waals surface area contributed by atoms with Crippen molar-refractivity contribution in [3.63, 3.8) is 0 Å². The first-order valence-corrected chi connectivity index (χ1v) is 25.3. The van der Waals surface area contributed by atoms with Gasteiger partial charge in [0.05, 0.1) is 5.69 Å². The highest BCUT2D eigenvalue weighted by atomic mass is 32.1. The summed E-state index contributed by atoms with van der Waals surface area (Å²) in [5.74, 6) is 0.582. The van der Waals surface area contributed by atoms with E-state index < -0.39 is 0 Å². The van der Waals surface area contributed by atoms with E-state index >= 15 is 0 Å². The molecule has 2 aliphatic carbocycles. The fraction of sp³-hybridized carbons (Fsp3) is 0.121. The van der Waals surface area contributed by atoms with Crippen LogP contribution in [0.15, 0.2) is 224 Å². The van der Waals surface area contributed by atoms with Crippen molar-refractivity contribution in [3.05, 3.63) is 247 Å². The molecular weight excluding hydrogens is 839 g/mol. The number of anilines is 3. The van der Waals surface area contributed by atoms with Gasteiger partial charge in [-0.2, -0.15) is 0 Å². The normalized spacial score (nSPS) is 15.7. The molecule has 13 rings (SSSR count). The van der Waals surface area contributed by atoms with Gasteiger partial charge in [0.25, 0.3) is 0 Å². The number of thiophene rings is 1. The number of hydrogen-bond acceptors (Lipinski definition) is 2. The fourth-order valence-corrected chi connectivity index (χ4v) is 13.3. The van der Waals surface area contributed by atoms with E-state index in [9.17, 15) is 0 Å². The van der Waals surface area contributed by atoms with Gasteiger partial charge in [-0.25, -0.2) is 0 Å². The molecule has 0 spiro atoms. The van der Waals surface area contributed by atoms with Gasteiger partial charge in [-0.05, 0) is 140 Å². The second kappa shape index (κ2) is 16.7. The van der Waals surface area contributed by atoms with Gasteiger partial charge < -0.3 is 4.90 Å². The predicted octanol–water partition coefficient (Wildman–Crippen LogP) is 19.1. The van der Waals surface area contributed by atoms with Crippen LogP contribution in [0.4, 0.5) is 17.1 Å². The summed E-state index contributed by atoms with van der Waals surface area (Å²) >= 11 is 1.88. The summed E-state index contributed by atoms with van der Waals surface area (Å²) in [6, 6.07) is 84.2. The van der Waals surface area contributed by atoms with E-state index in [0.717, 1.165) is 17.1 Å². The molecule has 0 N–H and O–H groups in total. The van der Waals surface area contributed by atoms with E-state index in [2.05, 4.69) is 236 Å². The minimum Gasteiger partial charge on any atom is -0.310 e. The molecule has 0 saturated heterocycles. The van der Waals surface area contributed by atoms with Crippen molar-refractivity contribution in [2.45, 2.75) is 50.4 Å². The lowest BCUT2D eigenvalue weighted by Crippen LogP contribution is -2.22. The third-order valence-corrected chi connectivity index (χ3v) is 16.5. The van der Waals surface area contributed by atoms with Crippen molar-refractivity contribution in [1.82, 2.24) is 0 Å². The number of rotatable bonds is 8. The second-order valence-corrected chi connectivity index (χ2v) is 20.2. The summed E-state index contributed by atoms with van der Waals surface area (Å²) in [5, 5.41) is 5.37. The van der Waals surface area contributed by atoms with Gasteiger partial charge in [0.2, 0.25) is 0 Å². The van der Waals surface area contributed by atoms with Crippen LogP contribution in [-0.2, 0) is 5.41 Å². The molecule has 1 unspecified atom stereocenters. The van der Waals surface area contributed by atoms with Crippen molar-refractivity contribution in [3.8, 4) is 44.5 Å². The van der Waals surface area contributed by atoms with Crippen LogP contribution in [0.1, 0.15) is 67.2 Å². The molecule has 2 heteroatoms.